The van der Waals surface area contributed by atoms with Crippen LogP contribution < -0.4 is 10.1 Å². The van der Waals surface area contributed by atoms with E-state index in [1.54, 1.807) is 35.2 Å². The van der Waals surface area contributed by atoms with Crippen LogP contribution in [0.25, 0.3) is 0 Å². The van der Waals surface area contributed by atoms with Crippen LogP contribution in [0.3, 0.4) is 0 Å². The maximum Gasteiger partial charge on any atom is 0.261 e. The van der Waals surface area contributed by atoms with Gasteiger partial charge in [0.1, 0.15) is 11.8 Å². The standard InChI is InChI=1S/C32H35Cl3N2O3/c1-21-15-27(16-22(2)31(21)35)40-20-30(38)37(19-24-13-14-25(33)18-28(24)34)29(17-23-9-5-3-6-10-23)32(39)36-26-11-7-4-8-12-26/h3,5-6,9-10,13-16,18,26,29H,4,7-8,11-12,17,19-20H2,1-2H3,(H,36,39)/t29-/m1/s1. The summed E-state index contributed by atoms with van der Waals surface area (Å²) < 4.78 is 5.95. The Balaban J connectivity index is 1.64. The van der Waals surface area contributed by atoms with Crippen LogP contribution in [0.15, 0.2) is 60.7 Å². The van der Waals surface area contributed by atoms with E-state index < -0.39 is 6.04 Å². The molecule has 8 heteroatoms. The normalized spacial score (nSPS) is 14.4. The molecule has 0 bridgehead atoms. The number of ether oxygens (including phenoxy) is 1. The van der Waals surface area contributed by atoms with Crippen molar-refractivity contribution in [3.63, 3.8) is 0 Å². The highest BCUT2D eigenvalue weighted by Crippen LogP contribution is 2.27. The van der Waals surface area contributed by atoms with E-state index in [1.807, 2.05) is 44.2 Å². The molecule has 40 heavy (non-hydrogen) atoms. The Hall–Kier alpha value is -2.73. The first kappa shape index (κ1) is 30.2. The van der Waals surface area contributed by atoms with Gasteiger partial charge in [-0.05, 0) is 73.2 Å². The zero-order valence-electron chi connectivity index (χ0n) is 22.9. The second-order valence-electron chi connectivity index (χ2n) is 10.5. The van der Waals surface area contributed by atoms with Gasteiger partial charge in [0.15, 0.2) is 6.61 Å². The van der Waals surface area contributed by atoms with Gasteiger partial charge < -0.3 is 15.0 Å². The molecule has 1 saturated carbocycles. The van der Waals surface area contributed by atoms with Crippen molar-refractivity contribution in [3.05, 3.63) is 98.0 Å². The Bertz CT molecular complexity index is 1300. The highest BCUT2D eigenvalue weighted by Gasteiger charge is 2.32. The molecule has 5 nitrogen and oxygen atoms in total. The number of nitrogens with zero attached hydrogens (tertiary/aromatic N) is 1. The smallest absolute Gasteiger partial charge is 0.261 e. The van der Waals surface area contributed by atoms with Crippen molar-refractivity contribution in [2.75, 3.05) is 6.61 Å². The minimum Gasteiger partial charge on any atom is -0.484 e. The molecule has 1 aliphatic carbocycles. The van der Waals surface area contributed by atoms with Gasteiger partial charge in [0.2, 0.25) is 5.91 Å². The number of rotatable bonds is 10. The highest BCUT2D eigenvalue weighted by molar-refractivity contribution is 6.35. The van der Waals surface area contributed by atoms with Crippen molar-refractivity contribution in [2.24, 2.45) is 0 Å². The first-order chi connectivity index (χ1) is 19.2. The molecule has 0 spiro atoms. The minimum atomic E-state index is -0.763. The molecule has 0 radical (unpaired) electrons. The van der Waals surface area contributed by atoms with E-state index in [0.29, 0.717) is 32.8 Å². The third-order valence-corrected chi connectivity index (χ3v) is 8.53. The molecule has 1 N–H and O–H groups in total. The van der Waals surface area contributed by atoms with Crippen LogP contribution in [0.4, 0.5) is 0 Å². The monoisotopic (exact) mass is 600 g/mol. The zero-order chi connectivity index (χ0) is 28.6. The Kier molecular flexibility index (Phi) is 10.8. The lowest BCUT2D eigenvalue weighted by molar-refractivity contribution is -0.143. The van der Waals surface area contributed by atoms with E-state index in [0.717, 1.165) is 42.4 Å². The number of carbonyl (C=O) groups is 2. The molecule has 212 valence electrons. The summed E-state index contributed by atoms with van der Waals surface area (Å²) in [5, 5.41) is 4.83. The maximum atomic E-state index is 13.9. The molecule has 0 unspecified atom stereocenters. The second-order valence-corrected chi connectivity index (χ2v) is 11.7. The molecule has 3 aromatic carbocycles. The molecule has 2 amide bonds. The fourth-order valence-electron chi connectivity index (χ4n) is 5.15. The SMILES string of the molecule is Cc1cc(OCC(=O)N(Cc2ccc(Cl)cc2Cl)[C@H](Cc2ccccc2)C(=O)NC2CCCCC2)cc(C)c1Cl. The number of hydrogen-bond donors (Lipinski definition) is 1. The second kappa shape index (κ2) is 14.2. The molecule has 1 fully saturated rings. The van der Waals surface area contributed by atoms with E-state index in [9.17, 15) is 9.59 Å². The van der Waals surface area contributed by atoms with Crippen molar-refractivity contribution in [3.8, 4) is 5.75 Å². The number of halogens is 3. The highest BCUT2D eigenvalue weighted by atomic mass is 35.5. The molecule has 0 aromatic heterocycles. The predicted octanol–water partition coefficient (Wildman–Crippen LogP) is 7.73. The van der Waals surface area contributed by atoms with Gasteiger partial charge in [-0.3, -0.25) is 9.59 Å². The lowest BCUT2D eigenvalue weighted by Crippen LogP contribution is -2.53. The lowest BCUT2D eigenvalue weighted by atomic mass is 9.94. The van der Waals surface area contributed by atoms with Crippen LogP contribution >= 0.6 is 34.8 Å². The summed E-state index contributed by atoms with van der Waals surface area (Å²) >= 11 is 19.0. The van der Waals surface area contributed by atoms with E-state index >= 15 is 0 Å². The largest absolute Gasteiger partial charge is 0.484 e. The van der Waals surface area contributed by atoms with Gasteiger partial charge in [-0.15, -0.1) is 0 Å². The topological polar surface area (TPSA) is 58.6 Å². The van der Waals surface area contributed by atoms with Gasteiger partial charge in [-0.2, -0.15) is 0 Å². The summed E-state index contributed by atoms with van der Waals surface area (Å²) in [5.74, 6) is 0.0480. The molecule has 1 atom stereocenters. The minimum absolute atomic E-state index is 0.104. The van der Waals surface area contributed by atoms with Crippen molar-refractivity contribution < 1.29 is 14.3 Å². The number of aryl methyl sites for hydroxylation is 2. The Morgan fingerprint density at radius 3 is 2.27 bits per heavy atom. The summed E-state index contributed by atoms with van der Waals surface area (Å²) in [6.07, 6.45) is 5.60. The van der Waals surface area contributed by atoms with Gasteiger partial charge >= 0.3 is 0 Å². The fourth-order valence-corrected chi connectivity index (χ4v) is 5.73. The first-order valence-corrected chi connectivity index (χ1v) is 14.8. The zero-order valence-corrected chi connectivity index (χ0v) is 25.2. The van der Waals surface area contributed by atoms with Crippen molar-refractivity contribution in [1.82, 2.24) is 10.2 Å². The molecule has 0 aliphatic heterocycles. The Labute approximate surface area is 251 Å². The van der Waals surface area contributed by atoms with Crippen LogP contribution in [0.1, 0.15) is 54.4 Å². The third kappa shape index (κ3) is 8.15. The molecular weight excluding hydrogens is 567 g/mol. The van der Waals surface area contributed by atoms with Crippen LogP contribution in [0.5, 0.6) is 5.75 Å². The van der Waals surface area contributed by atoms with Gasteiger partial charge in [-0.1, -0.05) is 90.5 Å². The molecule has 0 heterocycles. The number of benzene rings is 3. The van der Waals surface area contributed by atoms with Crippen molar-refractivity contribution in [1.29, 1.82) is 0 Å². The number of hydrogen-bond acceptors (Lipinski definition) is 3. The van der Waals surface area contributed by atoms with Gasteiger partial charge in [0.25, 0.3) is 5.91 Å². The lowest BCUT2D eigenvalue weighted by Gasteiger charge is -2.33. The van der Waals surface area contributed by atoms with E-state index in [-0.39, 0.29) is 31.0 Å². The molecule has 3 aromatic rings. The van der Waals surface area contributed by atoms with Gasteiger partial charge in [-0.25, -0.2) is 0 Å². The summed E-state index contributed by atoms with van der Waals surface area (Å²) in [7, 11) is 0. The fraction of sp³-hybridized carbons (Fsp3) is 0.375. The predicted molar refractivity (Wildman–Crippen MR) is 162 cm³/mol. The van der Waals surface area contributed by atoms with E-state index in [2.05, 4.69) is 5.32 Å². The number of carbonyl (C=O) groups excluding carboxylic acids is 2. The van der Waals surface area contributed by atoms with Gasteiger partial charge in [0.05, 0.1) is 0 Å². The summed E-state index contributed by atoms with van der Waals surface area (Å²) in [6, 6.07) is 17.8. The Morgan fingerprint density at radius 2 is 1.62 bits per heavy atom. The molecule has 1 aliphatic rings. The average molecular weight is 602 g/mol. The Morgan fingerprint density at radius 1 is 0.950 bits per heavy atom. The number of nitrogens with one attached hydrogen (secondary N) is 1. The van der Waals surface area contributed by atoms with Crippen LogP contribution in [-0.4, -0.2) is 35.4 Å². The summed E-state index contributed by atoms with van der Waals surface area (Å²) in [5.41, 5.74) is 3.38. The van der Waals surface area contributed by atoms with Crippen LogP contribution in [0.2, 0.25) is 15.1 Å². The van der Waals surface area contributed by atoms with Crippen molar-refractivity contribution in [2.45, 2.75) is 71.0 Å². The summed E-state index contributed by atoms with van der Waals surface area (Å²) in [6.45, 7) is 3.68. The first-order valence-electron chi connectivity index (χ1n) is 13.7. The van der Waals surface area contributed by atoms with Crippen LogP contribution in [-0.2, 0) is 22.6 Å². The molecule has 0 saturated heterocycles. The summed E-state index contributed by atoms with van der Waals surface area (Å²) in [4.78, 5) is 29.3. The maximum absolute atomic E-state index is 13.9. The third-order valence-electron chi connectivity index (χ3n) is 7.35. The van der Waals surface area contributed by atoms with Crippen LogP contribution in [0, 0.1) is 13.8 Å². The molecular formula is C32H35Cl3N2O3. The van der Waals surface area contributed by atoms with Gasteiger partial charge in [0, 0.05) is 34.1 Å². The average Bonchev–Trinajstić information content (AvgIpc) is 2.94. The number of amides is 2. The van der Waals surface area contributed by atoms with E-state index in [1.165, 1.54) is 6.42 Å². The van der Waals surface area contributed by atoms with Crippen molar-refractivity contribution >= 4 is 46.6 Å². The molecule has 4 rings (SSSR count). The van der Waals surface area contributed by atoms with E-state index in [4.69, 9.17) is 39.5 Å². The quantitative estimate of drug-likeness (QED) is 0.259.